The van der Waals surface area contributed by atoms with Crippen LogP contribution in [-0.4, -0.2) is 29.1 Å². The summed E-state index contributed by atoms with van der Waals surface area (Å²) in [6, 6.07) is 6.11. The zero-order valence-corrected chi connectivity index (χ0v) is 12.7. The van der Waals surface area contributed by atoms with Crippen molar-refractivity contribution in [3.05, 3.63) is 34.9 Å². The van der Waals surface area contributed by atoms with Gasteiger partial charge in [0.1, 0.15) is 0 Å². The summed E-state index contributed by atoms with van der Waals surface area (Å²) >= 11 is 0. The SMILES string of the molecule is Cc1cc(C(=O)O)ccc1CN(C)C1CCC(C)CC1. The van der Waals surface area contributed by atoms with E-state index < -0.39 is 5.97 Å². The largest absolute Gasteiger partial charge is 0.478 e. The van der Waals surface area contributed by atoms with Crippen LogP contribution in [0.1, 0.15) is 54.1 Å². The lowest BCUT2D eigenvalue weighted by molar-refractivity contribution is 0.0696. The maximum atomic E-state index is 11.0. The number of hydrogen-bond acceptors (Lipinski definition) is 2. The molecule has 0 aromatic heterocycles. The van der Waals surface area contributed by atoms with Crippen molar-refractivity contribution >= 4 is 5.97 Å². The molecule has 3 heteroatoms. The van der Waals surface area contributed by atoms with Crippen LogP contribution in [0.4, 0.5) is 0 Å². The number of carboxylic acid groups (broad SMARTS) is 1. The first-order valence-electron chi connectivity index (χ1n) is 7.50. The van der Waals surface area contributed by atoms with Gasteiger partial charge in [0.05, 0.1) is 5.56 Å². The second-order valence-electron chi connectivity index (χ2n) is 6.28. The number of aromatic carboxylic acids is 1. The topological polar surface area (TPSA) is 40.5 Å². The molecule has 0 saturated heterocycles. The third-order valence-corrected chi connectivity index (χ3v) is 4.62. The van der Waals surface area contributed by atoms with Crippen molar-refractivity contribution in [3.63, 3.8) is 0 Å². The van der Waals surface area contributed by atoms with E-state index in [1.165, 1.54) is 31.2 Å². The van der Waals surface area contributed by atoms with Gasteiger partial charge in [-0.05, 0) is 68.8 Å². The highest BCUT2D eigenvalue weighted by atomic mass is 16.4. The fraction of sp³-hybridized carbons (Fsp3) is 0.588. The molecule has 0 bridgehead atoms. The van der Waals surface area contributed by atoms with Gasteiger partial charge < -0.3 is 5.11 Å². The van der Waals surface area contributed by atoms with Gasteiger partial charge in [0.2, 0.25) is 0 Å². The molecule has 110 valence electrons. The number of benzene rings is 1. The molecule has 1 aliphatic carbocycles. The molecule has 1 N–H and O–H groups in total. The maximum absolute atomic E-state index is 11.0. The Labute approximate surface area is 121 Å². The van der Waals surface area contributed by atoms with Crippen molar-refractivity contribution in [2.75, 3.05) is 7.05 Å². The van der Waals surface area contributed by atoms with E-state index in [0.717, 1.165) is 18.0 Å². The lowest BCUT2D eigenvalue weighted by Gasteiger charge is -2.34. The molecule has 2 rings (SSSR count). The van der Waals surface area contributed by atoms with Gasteiger partial charge in [-0.3, -0.25) is 4.90 Å². The van der Waals surface area contributed by atoms with Gasteiger partial charge in [0.15, 0.2) is 0 Å². The minimum Gasteiger partial charge on any atom is -0.478 e. The molecule has 0 amide bonds. The molecule has 3 nitrogen and oxygen atoms in total. The Kier molecular flexibility index (Phi) is 4.81. The Hall–Kier alpha value is -1.35. The number of hydrogen-bond donors (Lipinski definition) is 1. The molecule has 1 aromatic carbocycles. The molecular weight excluding hydrogens is 250 g/mol. The fourth-order valence-electron chi connectivity index (χ4n) is 3.09. The van der Waals surface area contributed by atoms with Crippen molar-refractivity contribution < 1.29 is 9.90 Å². The van der Waals surface area contributed by atoms with Crippen LogP contribution in [-0.2, 0) is 6.54 Å². The molecular formula is C17H25NO2. The molecule has 1 fully saturated rings. The van der Waals surface area contributed by atoms with E-state index in [0.29, 0.717) is 11.6 Å². The van der Waals surface area contributed by atoms with Crippen molar-refractivity contribution in [3.8, 4) is 0 Å². The summed E-state index contributed by atoms with van der Waals surface area (Å²) in [5.41, 5.74) is 2.68. The minimum absolute atomic E-state index is 0.375. The summed E-state index contributed by atoms with van der Waals surface area (Å²) in [6.45, 7) is 5.24. The van der Waals surface area contributed by atoms with Crippen LogP contribution in [0.5, 0.6) is 0 Å². The third kappa shape index (κ3) is 3.60. The van der Waals surface area contributed by atoms with E-state index in [-0.39, 0.29) is 0 Å². The normalized spacial score (nSPS) is 23.0. The van der Waals surface area contributed by atoms with Gasteiger partial charge in [-0.1, -0.05) is 13.0 Å². The van der Waals surface area contributed by atoms with E-state index in [1.807, 2.05) is 13.0 Å². The van der Waals surface area contributed by atoms with Crippen LogP contribution < -0.4 is 0 Å². The molecule has 0 unspecified atom stereocenters. The Morgan fingerprint density at radius 1 is 1.30 bits per heavy atom. The predicted octanol–water partition coefficient (Wildman–Crippen LogP) is 3.70. The number of nitrogens with zero attached hydrogens (tertiary/aromatic N) is 1. The maximum Gasteiger partial charge on any atom is 0.335 e. The number of carbonyl (C=O) groups is 1. The number of rotatable bonds is 4. The average Bonchev–Trinajstić information content (AvgIpc) is 2.41. The van der Waals surface area contributed by atoms with E-state index in [1.54, 1.807) is 12.1 Å². The van der Waals surface area contributed by atoms with Gasteiger partial charge >= 0.3 is 5.97 Å². The summed E-state index contributed by atoms with van der Waals surface area (Å²) in [7, 11) is 2.19. The van der Waals surface area contributed by atoms with Gasteiger partial charge in [-0.2, -0.15) is 0 Å². The van der Waals surface area contributed by atoms with Crippen LogP contribution in [0.3, 0.4) is 0 Å². The van der Waals surface area contributed by atoms with E-state index in [9.17, 15) is 4.79 Å². The lowest BCUT2D eigenvalue weighted by atomic mass is 9.86. The highest BCUT2D eigenvalue weighted by molar-refractivity contribution is 5.87. The lowest BCUT2D eigenvalue weighted by Crippen LogP contribution is -2.34. The predicted molar refractivity (Wildman–Crippen MR) is 81.0 cm³/mol. The molecule has 0 spiro atoms. The highest BCUT2D eigenvalue weighted by Gasteiger charge is 2.22. The standard InChI is InChI=1S/C17H25NO2/c1-12-4-8-16(9-5-12)18(3)11-15-7-6-14(17(19)20)10-13(15)2/h6-7,10,12,16H,4-5,8-9,11H2,1-3H3,(H,19,20). The summed E-state index contributed by atoms with van der Waals surface area (Å²) in [4.78, 5) is 13.4. The molecule has 0 aliphatic heterocycles. The molecule has 1 aliphatic rings. The van der Waals surface area contributed by atoms with Crippen molar-refractivity contribution in [1.29, 1.82) is 0 Å². The molecule has 0 heterocycles. The van der Waals surface area contributed by atoms with Gasteiger partial charge in [-0.25, -0.2) is 4.79 Å². The first-order chi connectivity index (χ1) is 9.47. The Morgan fingerprint density at radius 2 is 1.95 bits per heavy atom. The Balaban J connectivity index is 2.00. The minimum atomic E-state index is -0.853. The summed E-state index contributed by atoms with van der Waals surface area (Å²) < 4.78 is 0. The second-order valence-corrected chi connectivity index (χ2v) is 6.28. The molecule has 0 radical (unpaired) electrons. The highest BCUT2D eigenvalue weighted by Crippen LogP contribution is 2.27. The fourth-order valence-corrected chi connectivity index (χ4v) is 3.09. The summed E-state index contributed by atoms with van der Waals surface area (Å²) in [5.74, 6) is 0.0190. The van der Waals surface area contributed by atoms with E-state index >= 15 is 0 Å². The monoisotopic (exact) mass is 275 g/mol. The zero-order chi connectivity index (χ0) is 14.7. The van der Waals surface area contributed by atoms with Crippen LogP contribution in [0.2, 0.25) is 0 Å². The Bertz CT molecular complexity index is 476. The number of aryl methyl sites for hydroxylation is 1. The molecule has 1 saturated carbocycles. The molecule has 20 heavy (non-hydrogen) atoms. The zero-order valence-electron chi connectivity index (χ0n) is 12.7. The van der Waals surface area contributed by atoms with Gasteiger partial charge in [0.25, 0.3) is 0 Å². The molecule has 0 atom stereocenters. The van der Waals surface area contributed by atoms with Gasteiger partial charge in [-0.15, -0.1) is 0 Å². The summed E-state index contributed by atoms with van der Waals surface area (Å²) in [6.07, 6.45) is 5.21. The van der Waals surface area contributed by atoms with Crippen LogP contribution >= 0.6 is 0 Å². The Morgan fingerprint density at radius 3 is 2.50 bits per heavy atom. The van der Waals surface area contributed by atoms with Crippen LogP contribution in [0.15, 0.2) is 18.2 Å². The first kappa shape index (κ1) is 15.0. The third-order valence-electron chi connectivity index (χ3n) is 4.62. The first-order valence-corrected chi connectivity index (χ1v) is 7.50. The van der Waals surface area contributed by atoms with E-state index in [2.05, 4.69) is 18.9 Å². The van der Waals surface area contributed by atoms with Crippen LogP contribution in [0.25, 0.3) is 0 Å². The smallest absolute Gasteiger partial charge is 0.335 e. The van der Waals surface area contributed by atoms with Crippen molar-refractivity contribution in [2.24, 2.45) is 5.92 Å². The van der Waals surface area contributed by atoms with Crippen molar-refractivity contribution in [2.45, 2.75) is 52.1 Å². The van der Waals surface area contributed by atoms with Gasteiger partial charge in [0, 0.05) is 12.6 Å². The van der Waals surface area contributed by atoms with E-state index in [4.69, 9.17) is 5.11 Å². The van der Waals surface area contributed by atoms with Crippen LogP contribution in [0, 0.1) is 12.8 Å². The average molecular weight is 275 g/mol. The summed E-state index contributed by atoms with van der Waals surface area (Å²) in [5, 5.41) is 9.00. The van der Waals surface area contributed by atoms with Crippen molar-refractivity contribution in [1.82, 2.24) is 4.90 Å². The number of carboxylic acids is 1. The quantitative estimate of drug-likeness (QED) is 0.910. The molecule has 1 aromatic rings. The second kappa shape index (κ2) is 6.40.